The van der Waals surface area contributed by atoms with Gasteiger partial charge >= 0.3 is 0 Å². The fourth-order valence-electron chi connectivity index (χ4n) is 1.40. The number of hydrogen-bond donors (Lipinski definition) is 1. The van der Waals surface area contributed by atoms with E-state index in [2.05, 4.69) is 16.6 Å². The molecule has 0 aliphatic heterocycles. The maximum Gasteiger partial charge on any atom is 0.179 e. The minimum absolute atomic E-state index is 0.268. The molecular weight excluding hydrogens is 256 g/mol. The van der Waals surface area contributed by atoms with Gasteiger partial charge in [0.1, 0.15) is 10.7 Å². The standard InChI is InChI=1S/C11H18N2O2S2/c1-16-9-4-3-7-12-11-10(17(2,14)15)6-5-8-13-11/h5-6,8H,3-4,7,9H2,1-2H3,(H,12,13). The van der Waals surface area contributed by atoms with Gasteiger partial charge in [-0.1, -0.05) is 0 Å². The van der Waals surface area contributed by atoms with Crippen LogP contribution in [0.5, 0.6) is 0 Å². The van der Waals surface area contributed by atoms with Crippen molar-refractivity contribution in [2.45, 2.75) is 17.7 Å². The SMILES string of the molecule is CSCCCCNc1ncccc1S(C)(=O)=O. The van der Waals surface area contributed by atoms with Crippen molar-refractivity contribution in [3.8, 4) is 0 Å². The molecule has 0 saturated carbocycles. The van der Waals surface area contributed by atoms with Gasteiger partial charge in [-0.2, -0.15) is 11.8 Å². The number of nitrogens with one attached hydrogen (secondary N) is 1. The highest BCUT2D eigenvalue weighted by atomic mass is 32.2. The van der Waals surface area contributed by atoms with Crippen LogP contribution in [0.1, 0.15) is 12.8 Å². The first-order chi connectivity index (χ1) is 8.05. The Kier molecular flexibility index (Phi) is 5.77. The van der Waals surface area contributed by atoms with E-state index in [1.54, 1.807) is 18.3 Å². The molecule has 4 nitrogen and oxygen atoms in total. The topological polar surface area (TPSA) is 59.1 Å². The lowest BCUT2D eigenvalue weighted by Crippen LogP contribution is -2.09. The summed E-state index contributed by atoms with van der Waals surface area (Å²) >= 11 is 1.82. The van der Waals surface area contributed by atoms with Crippen LogP contribution in [0.4, 0.5) is 5.82 Å². The van der Waals surface area contributed by atoms with Crippen LogP contribution in [0, 0.1) is 0 Å². The van der Waals surface area contributed by atoms with Crippen molar-refractivity contribution in [3.05, 3.63) is 18.3 Å². The Morgan fingerprint density at radius 2 is 2.18 bits per heavy atom. The van der Waals surface area contributed by atoms with Crippen molar-refractivity contribution in [2.75, 3.05) is 30.1 Å². The van der Waals surface area contributed by atoms with Gasteiger partial charge in [0.05, 0.1) is 0 Å². The molecule has 1 N–H and O–H groups in total. The fourth-order valence-corrected chi connectivity index (χ4v) is 2.70. The number of pyridine rings is 1. The molecule has 0 aromatic carbocycles. The number of rotatable bonds is 7. The highest BCUT2D eigenvalue weighted by molar-refractivity contribution is 7.98. The van der Waals surface area contributed by atoms with E-state index < -0.39 is 9.84 Å². The molecule has 0 aliphatic rings. The minimum atomic E-state index is -3.21. The van der Waals surface area contributed by atoms with Gasteiger partial charge in [0.2, 0.25) is 0 Å². The Morgan fingerprint density at radius 1 is 1.41 bits per heavy atom. The number of nitrogens with zero attached hydrogens (tertiary/aromatic N) is 1. The van der Waals surface area contributed by atoms with E-state index in [0.717, 1.165) is 25.1 Å². The van der Waals surface area contributed by atoms with Crippen LogP contribution in [0.15, 0.2) is 23.2 Å². The van der Waals surface area contributed by atoms with Gasteiger partial charge < -0.3 is 5.32 Å². The van der Waals surface area contributed by atoms with Crippen LogP contribution < -0.4 is 5.32 Å². The molecule has 0 amide bonds. The predicted molar refractivity (Wildman–Crippen MR) is 73.5 cm³/mol. The molecule has 1 aromatic rings. The van der Waals surface area contributed by atoms with Crippen molar-refractivity contribution in [1.29, 1.82) is 0 Å². The van der Waals surface area contributed by atoms with Crippen LogP contribution >= 0.6 is 11.8 Å². The van der Waals surface area contributed by atoms with Crippen LogP contribution in [-0.4, -0.2) is 38.2 Å². The second-order valence-corrected chi connectivity index (χ2v) is 6.72. The van der Waals surface area contributed by atoms with E-state index in [-0.39, 0.29) is 4.90 Å². The van der Waals surface area contributed by atoms with Crippen LogP contribution in [-0.2, 0) is 9.84 Å². The predicted octanol–water partition coefficient (Wildman–Crippen LogP) is 2.04. The van der Waals surface area contributed by atoms with Gasteiger partial charge in [0.25, 0.3) is 0 Å². The van der Waals surface area contributed by atoms with E-state index in [0.29, 0.717) is 5.82 Å². The first-order valence-electron chi connectivity index (χ1n) is 5.43. The van der Waals surface area contributed by atoms with E-state index in [1.807, 2.05) is 11.8 Å². The maximum atomic E-state index is 11.5. The number of thioether (sulfide) groups is 1. The van der Waals surface area contributed by atoms with Crippen LogP contribution in [0.2, 0.25) is 0 Å². The molecule has 1 heterocycles. The van der Waals surface area contributed by atoms with Gasteiger partial charge in [-0.25, -0.2) is 13.4 Å². The Morgan fingerprint density at radius 3 is 2.82 bits per heavy atom. The molecule has 0 fully saturated rings. The van der Waals surface area contributed by atoms with E-state index >= 15 is 0 Å². The summed E-state index contributed by atoms with van der Waals surface area (Å²) in [7, 11) is -3.21. The third-order valence-corrected chi connectivity index (χ3v) is 4.06. The summed E-state index contributed by atoms with van der Waals surface area (Å²) in [5.41, 5.74) is 0. The maximum absolute atomic E-state index is 11.5. The molecule has 1 aromatic heterocycles. The lowest BCUT2D eigenvalue weighted by Gasteiger charge is -2.08. The smallest absolute Gasteiger partial charge is 0.179 e. The second-order valence-electron chi connectivity index (χ2n) is 3.75. The zero-order valence-electron chi connectivity index (χ0n) is 10.1. The summed E-state index contributed by atoms with van der Waals surface area (Å²) in [5, 5.41) is 3.08. The largest absolute Gasteiger partial charge is 0.369 e. The summed E-state index contributed by atoms with van der Waals surface area (Å²) in [4.78, 5) is 4.34. The van der Waals surface area contributed by atoms with Crippen molar-refractivity contribution < 1.29 is 8.42 Å². The Labute approximate surface area is 107 Å². The number of unbranched alkanes of at least 4 members (excludes halogenated alkanes) is 1. The zero-order chi connectivity index (χ0) is 12.7. The monoisotopic (exact) mass is 274 g/mol. The first-order valence-corrected chi connectivity index (χ1v) is 8.72. The molecular formula is C11H18N2O2S2. The Balaban J connectivity index is 2.59. The molecule has 0 aliphatic carbocycles. The van der Waals surface area contributed by atoms with Gasteiger partial charge in [0.15, 0.2) is 9.84 Å². The van der Waals surface area contributed by atoms with Crippen LogP contribution in [0.25, 0.3) is 0 Å². The Bertz CT molecular complexity index is 447. The van der Waals surface area contributed by atoms with E-state index in [9.17, 15) is 8.42 Å². The average molecular weight is 274 g/mol. The van der Waals surface area contributed by atoms with Gasteiger partial charge in [-0.15, -0.1) is 0 Å². The number of hydrogen-bond acceptors (Lipinski definition) is 5. The fraction of sp³-hybridized carbons (Fsp3) is 0.545. The number of anilines is 1. The van der Waals surface area contributed by atoms with E-state index in [1.165, 1.54) is 6.26 Å². The molecule has 0 unspecified atom stereocenters. The van der Waals surface area contributed by atoms with Gasteiger partial charge in [-0.3, -0.25) is 0 Å². The molecule has 96 valence electrons. The minimum Gasteiger partial charge on any atom is -0.369 e. The molecule has 0 bridgehead atoms. The summed E-state index contributed by atoms with van der Waals surface area (Å²) in [5.74, 6) is 1.59. The van der Waals surface area contributed by atoms with Crippen LogP contribution in [0.3, 0.4) is 0 Å². The van der Waals surface area contributed by atoms with Crippen molar-refractivity contribution in [1.82, 2.24) is 4.98 Å². The summed E-state index contributed by atoms with van der Waals surface area (Å²) in [6, 6.07) is 3.21. The molecule has 1 rings (SSSR count). The third kappa shape index (κ3) is 4.95. The number of sulfone groups is 1. The van der Waals surface area contributed by atoms with Crippen molar-refractivity contribution in [3.63, 3.8) is 0 Å². The summed E-state index contributed by atoms with van der Waals surface area (Å²) < 4.78 is 23.0. The van der Waals surface area contributed by atoms with Gasteiger partial charge in [0, 0.05) is 19.0 Å². The summed E-state index contributed by atoms with van der Waals surface area (Å²) in [6.07, 6.45) is 7.01. The molecule has 17 heavy (non-hydrogen) atoms. The lowest BCUT2D eigenvalue weighted by atomic mass is 10.3. The van der Waals surface area contributed by atoms with Gasteiger partial charge in [-0.05, 0) is 37.0 Å². The molecule has 0 atom stereocenters. The van der Waals surface area contributed by atoms with E-state index in [4.69, 9.17) is 0 Å². The first kappa shape index (κ1) is 14.3. The molecule has 0 spiro atoms. The lowest BCUT2D eigenvalue weighted by molar-refractivity contribution is 0.601. The third-order valence-electron chi connectivity index (χ3n) is 2.24. The van der Waals surface area contributed by atoms with Crippen molar-refractivity contribution in [2.24, 2.45) is 0 Å². The normalized spacial score (nSPS) is 11.4. The molecule has 0 saturated heterocycles. The zero-order valence-corrected chi connectivity index (χ0v) is 11.8. The molecule has 6 heteroatoms. The average Bonchev–Trinajstić information content (AvgIpc) is 2.28. The highest BCUT2D eigenvalue weighted by Gasteiger charge is 2.12. The number of aromatic nitrogens is 1. The van der Waals surface area contributed by atoms with Crippen molar-refractivity contribution >= 4 is 27.4 Å². The quantitative estimate of drug-likeness (QED) is 0.771. The molecule has 0 radical (unpaired) electrons. The summed E-state index contributed by atoms with van der Waals surface area (Å²) in [6.45, 7) is 0.750. The highest BCUT2D eigenvalue weighted by Crippen LogP contribution is 2.17. The Hall–Kier alpha value is -0.750. The second kappa shape index (κ2) is 6.86.